The van der Waals surface area contributed by atoms with E-state index < -0.39 is 58.1 Å². The highest BCUT2D eigenvalue weighted by molar-refractivity contribution is 8.00. The molecule has 0 fully saturated rings. The van der Waals surface area contributed by atoms with Crippen molar-refractivity contribution in [3.8, 4) is 0 Å². The van der Waals surface area contributed by atoms with E-state index in [0.717, 1.165) is 24.1 Å². The van der Waals surface area contributed by atoms with E-state index >= 15 is 0 Å². The Balaban J connectivity index is 2.55. The van der Waals surface area contributed by atoms with Gasteiger partial charge in [0, 0.05) is 16.2 Å². The Morgan fingerprint density at radius 1 is 1.12 bits per heavy atom. The van der Waals surface area contributed by atoms with Crippen LogP contribution in [0, 0.1) is 0 Å². The zero-order valence-electron chi connectivity index (χ0n) is 17.4. The summed E-state index contributed by atoms with van der Waals surface area (Å²) in [7, 11) is -9.32. The number of rotatable bonds is 9. The molecule has 0 bridgehead atoms. The second-order valence-electron chi connectivity index (χ2n) is 6.82. The van der Waals surface area contributed by atoms with E-state index in [-0.39, 0.29) is 6.42 Å². The van der Waals surface area contributed by atoms with Gasteiger partial charge in [-0.2, -0.15) is 13.2 Å². The zero-order chi connectivity index (χ0) is 25.0. The lowest BCUT2D eigenvalue weighted by Crippen LogP contribution is -2.34. The normalized spacial score (nSPS) is 14.4. The quantitative estimate of drug-likeness (QED) is 0.376. The van der Waals surface area contributed by atoms with E-state index in [1.807, 2.05) is 0 Å². The summed E-state index contributed by atoms with van der Waals surface area (Å²) < 4.78 is 92.1. The molecule has 0 spiro atoms. The molecule has 0 radical (unpaired) electrons. The molecule has 0 aliphatic carbocycles. The first-order chi connectivity index (χ1) is 15.2. The summed E-state index contributed by atoms with van der Waals surface area (Å²) in [6.45, 7) is 1.69. The van der Waals surface area contributed by atoms with Crippen LogP contribution < -0.4 is 10.5 Å². The minimum absolute atomic E-state index is 0.306. The number of hydrogen-bond donors (Lipinski definition) is 2. The van der Waals surface area contributed by atoms with Crippen LogP contribution in [0.2, 0.25) is 0 Å². The number of nitrogens with two attached hydrogens (primary N) is 1. The number of ether oxygens (including phenoxy) is 1. The van der Waals surface area contributed by atoms with Gasteiger partial charge in [0.25, 0.3) is 9.84 Å². The van der Waals surface area contributed by atoms with Crippen LogP contribution in [-0.4, -0.2) is 46.7 Å². The molecule has 0 aliphatic rings. The lowest BCUT2D eigenvalue weighted by molar-refractivity contribution is -0.140. The first kappa shape index (κ1) is 27.0. The van der Waals surface area contributed by atoms with Crippen molar-refractivity contribution in [2.75, 3.05) is 12.4 Å². The third-order valence-electron chi connectivity index (χ3n) is 4.46. The van der Waals surface area contributed by atoms with E-state index in [1.165, 1.54) is 11.8 Å². The van der Waals surface area contributed by atoms with Gasteiger partial charge < -0.3 is 10.1 Å². The van der Waals surface area contributed by atoms with Crippen molar-refractivity contribution < 1.29 is 39.5 Å². The van der Waals surface area contributed by atoms with E-state index in [9.17, 15) is 34.8 Å². The predicted molar refractivity (Wildman–Crippen MR) is 117 cm³/mol. The number of alkyl halides is 3. The molecule has 182 valence electrons. The highest BCUT2D eigenvalue weighted by atomic mass is 32.2. The molecule has 33 heavy (non-hydrogen) atoms. The van der Waals surface area contributed by atoms with Crippen molar-refractivity contribution in [1.82, 2.24) is 0 Å². The van der Waals surface area contributed by atoms with Gasteiger partial charge in [-0.15, -0.1) is 11.8 Å². The summed E-state index contributed by atoms with van der Waals surface area (Å²) in [5.74, 6) is -0.686. The Labute approximate surface area is 193 Å². The highest BCUT2D eigenvalue weighted by Gasteiger charge is 2.48. The average Bonchev–Trinajstić information content (AvgIpc) is 2.72. The number of anilines is 1. The molecule has 3 N–H and O–H groups in total. The van der Waals surface area contributed by atoms with Crippen molar-refractivity contribution >= 4 is 43.3 Å². The van der Waals surface area contributed by atoms with E-state index in [2.05, 4.69) is 10.1 Å². The van der Waals surface area contributed by atoms with Gasteiger partial charge in [-0.3, -0.25) is 4.79 Å². The van der Waals surface area contributed by atoms with Crippen molar-refractivity contribution in [3.63, 3.8) is 0 Å². The maximum Gasteiger partial charge on any atom is 0.501 e. The topological polar surface area (TPSA) is 133 Å². The third kappa shape index (κ3) is 6.85. The molecule has 2 rings (SSSR count). The average molecular weight is 527 g/mol. The number of thioether (sulfide) groups is 1. The molecule has 0 amide bonds. The molecule has 0 aliphatic heterocycles. The van der Waals surface area contributed by atoms with Crippen LogP contribution >= 0.6 is 11.8 Å². The van der Waals surface area contributed by atoms with Gasteiger partial charge >= 0.3 is 11.5 Å². The Kier molecular flexibility index (Phi) is 8.43. The summed E-state index contributed by atoms with van der Waals surface area (Å²) in [5.41, 5.74) is -6.24. The molecule has 0 saturated heterocycles. The van der Waals surface area contributed by atoms with Crippen LogP contribution in [0.15, 0.2) is 63.2 Å². The summed E-state index contributed by atoms with van der Waals surface area (Å²) in [6, 6.07) is 10.1. The number of sulfone groups is 1. The number of sulfonamides is 1. The molecular weight excluding hydrogens is 505 g/mol. The van der Waals surface area contributed by atoms with E-state index in [1.54, 1.807) is 37.3 Å². The van der Waals surface area contributed by atoms with E-state index in [0.29, 0.717) is 6.07 Å². The lowest BCUT2D eigenvalue weighted by atomic mass is 10.1. The lowest BCUT2D eigenvalue weighted by Gasteiger charge is -2.26. The fourth-order valence-corrected chi connectivity index (χ4v) is 5.37. The van der Waals surface area contributed by atoms with Gasteiger partial charge in [-0.05, 0) is 30.3 Å². The number of carbonyl (C=O) groups is 1. The fourth-order valence-electron chi connectivity index (χ4n) is 2.74. The molecule has 2 atom stereocenters. The number of primary sulfonamides is 1. The number of halogens is 3. The van der Waals surface area contributed by atoms with Gasteiger partial charge in [0.05, 0.1) is 24.1 Å². The Morgan fingerprint density at radius 2 is 1.73 bits per heavy atom. The van der Waals surface area contributed by atoms with Gasteiger partial charge in [0.2, 0.25) is 10.0 Å². The minimum Gasteiger partial charge on any atom is -0.469 e. The highest BCUT2D eigenvalue weighted by Crippen LogP contribution is 2.37. The minimum atomic E-state index is -5.96. The largest absolute Gasteiger partial charge is 0.501 e. The maximum absolute atomic E-state index is 13.3. The van der Waals surface area contributed by atoms with Crippen LogP contribution in [0.25, 0.3) is 0 Å². The SMILES string of the molecule is COC(=O)C[C@@H](Nc1ccc(S(N)(=O)=O)cc1S(=O)(=O)C(F)(F)F)C(C)Sc1ccccc1. The Bertz CT molecular complexity index is 1200. The number of methoxy groups -OCH3 is 1. The molecule has 2 aromatic rings. The molecule has 0 saturated carbocycles. The second kappa shape index (κ2) is 10.3. The number of hydrogen-bond acceptors (Lipinski definition) is 8. The summed E-state index contributed by atoms with van der Waals surface area (Å²) in [5, 5.41) is 7.16. The second-order valence-corrected chi connectivity index (χ2v) is 11.7. The van der Waals surface area contributed by atoms with E-state index in [4.69, 9.17) is 5.14 Å². The summed E-state index contributed by atoms with van der Waals surface area (Å²) in [4.78, 5) is 10.6. The Morgan fingerprint density at radius 3 is 2.24 bits per heavy atom. The van der Waals surface area contributed by atoms with Gasteiger partial charge in [0.15, 0.2) is 0 Å². The third-order valence-corrected chi connectivity index (χ3v) is 8.14. The number of benzene rings is 2. The van der Waals surface area contributed by atoms with Crippen molar-refractivity contribution in [2.24, 2.45) is 5.14 Å². The molecular formula is C19H21F3N2O6S3. The fraction of sp³-hybridized carbons (Fsp3) is 0.316. The first-order valence-electron chi connectivity index (χ1n) is 9.20. The first-order valence-corrected chi connectivity index (χ1v) is 13.1. The van der Waals surface area contributed by atoms with Crippen molar-refractivity contribution in [3.05, 3.63) is 48.5 Å². The standard InChI is InChI=1S/C19H21F3N2O6S3/c1-12(31-13-6-4-3-5-7-13)16(11-18(25)30-2)24-15-9-8-14(33(23,28)29)10-17(15)32(26,27)19(20,21)22/h3-10,12,16,24H,11H2,1-2H3,(H2,23,28,29)/t12?,16-/m1/s1. The summed E-state index contributed by atoms with van der Waals surface area (Å²) >= 11 is 1.29. The van der Waals surface area contributed by atoms with Crippen LogP contribution in [0.1, 0.15) is 13.3 Å². The summed E-state index contributed by atoms with van der Waals surface area (Å²) in [6.07, 6.45) is -0.306. The molecule has 8 nitrogen and oxygen atoms in total. The maximum atomic E-state index is 13.3. The van der Waals surface area contributed by atoms with Gasteiger partial charge in [0.1, 0.15) is 4.90 Å². The van der Waals surface area contributed by atoms with Crippen LogP contribution in [-0.2, 0) is 29.4 Å². The van der Waals surface area contributed by atoms with Crippen molar-refractivity contribution in [1.29, 1.82) is 0 Å². The van der Waals surface area contributed by atoms with Crippen LogP contribution in [0.5, 0.6) is 0 Å². The van der Waals surface area contributed by atoms with Crippen LogP contribution in [0.4, 0.5) is 18.9 Å². The molecule has 0 aromatic heterocycles. The zero-order valence-corrected chi connectivity index (χ0v) is 19.8. The van der Waals surface area contributed by atoms with Gasteiger partial charge in [-0.1, -0.05) is 25.1 Å². The predicted octanol–water partition coefficient (Wildman–Crippen LogP) is 3.15. The molecule has 0 heterocycles. The monoisotopic (exact) mass is 526 g/mol. The molecule has 2 aromatic carbocycles. The smallest absolute Gasteiger partial charge is 0.469 e. The van der Waals surface area contributed by atoms with Crippen molar-refractivity contribution in [2.45, 2.75) is 44.8 Å². The number of nitrogens with one attached hydrogen (secondary N) is 1. The number of carbonyl (C=O) groups excluding carboxylic acids is 1. The Hall–Kier alpha value is -2.29. The molecule has 1 unspecified atom stereocenters. The molecule has 14 heteroatoms. The number of esters is 1. The van der Waals surface area contributed by atoms with Crippen LogP contribution in [0.3, 0.4) is 0 Å². The van der Waals surface area contributed by atoms with Gasteiger partial charge in [-0.25, -0.2) is 22.0 Å².